The van der Waals surface area contributed by atoms with E-state index >= 15 is 0 Å². The molecule has 1 saturated carbocycles. The summed E-state index contributed by atoms with van der Waals surface area (Å²) in [6.07, 6.45) is 6.44. The van der Waals surface area contributed by atoms with Crippen LogP contribution >= 0.6 is 0 Å². The average molecular weight is 245 g/mol. The summed E-state index contributed by atoms with van der Waals surface area (Å²) in [6.45, 7) is 4.30. The summed E-state index contributed by atoms with van der Waals surface area (Å²) in [6, 6.07) is 2.67. The van der Waals surface area contributed by atoms with Crippen LogP contribution < -0.4 is 15.0 Å². The fourth-order valence-corrected chi connectivity index (χ4v) is 2.96. The molecule has 0 aromatic carbocycles. The van der Waals surface area contributed by atoms with E-state index in [-0.39, 0.29) is 0 Å². The highest BCUT2D eigenvalue weighted by molar-refractivity contribution is 5.50. The van der Waals surface area contributed by atoms with Gasteiger partial charge in [-0.15, -0.1) is 0 Å². The summed E-state index contributed by atoms with van der Waals surface area (Å²) in [5.41, 5.74) is 1.22. The van der Waals surface area contributed by atoms with Gasteiger partial charge in [0.05, 0.1) is 18.1 Å². The Kier molecular flexibility index (Phi) is 2.43. The largest absolute Gasteiger partial charge is 0.490 e. The highest BCUT2D eigenvalue weighted by Gasteiger charge is 2.45. The molecule has 96 valence electrons. The van der Waals surface area contributed by atoms with Crippen LogP contribution in [0.3, 0.4) is 0 Å². The molecule has 3 aliphatic rings. The number of aromatic nitrogens is 1. The first kappa shape index (κ1) is 10.6. The normalized spacial score (nSPS) is 32.9. The van der Waals surface area contributed by atoms with Gasteiger partial charge in [-0.2, -0.15) is 0 Å². The van der Waals surface area contributed by atoms with Gasteiger partial charge in [0.1, 0.15) is 12.4 Å². The Hall–Kier alpha value is -1.29. The minimum Gasteiger partial charge on any atom is -0.490 e. The van der Waals surface area contributed by atoms with E-state index in [0.29, 0.717) is 6.04 Å². The first-order valence-electron chi connectivity index (χ1n) is 6.95. The summed E-state index contributed by atoms with van der Waals surface area (Å²) in [4.78, 5) is 6.75. The standard InChI is InChI=1S/C14H19N3O/c1-2-16-12(1)9-18-14-4-13(5-15-6-14)17-7-10-3-11(10)8-17/h4-6,10-12,16H,1-3,7-9H2/t10?,11?,12-/m1/s1. The molecule has 1 aliphatic carbocycles. The highest BCUT2D eigenvalue weighted by Crippen LogP contribution is 2.46. The lowest BCUT2D eigenvalue weighted by molar-refractivity contribution is 0.217. The van der Waals surface area contributed by atoms with Crippen LogP contribution in [0.25, 0.3) is 0 Å². The van der Waals surface area contributed by atoms with Gasteiger partial charge in [0.15, 0.2) is 0 Å². The van der Waals surface area contributed by atoms with Crippen molar-refractivity contribution in [1.82, 2.24) is 10.3 Å². The predicted molar refractivity (Wildman–Crippen MR) is 69.9 cm³/mol. The summed E-state index contributed by atoms with van der Waals surface area (Å²) in [5.74, 6) is 2.81. The lowest BCUT2D eigenvalue weighted by atomic mass is 10.1. The van der Waals surface area contributed by atoms with Crippen molar-refractivity contribution >= 4 is 5.69 Å². The van der Waals surface area contributed by atoms with Crippen molar-refractivity contribution in [2.75, 3.05) is 31.1 Å². The second kappa shape index (κ2) is 4.12. The number of pyridine rings is 1. The third-order valence-electron chi connectivity index (χ3n) is 4.42. The Morgan fingerprint density at radius 1 is 1.33 bits per heavy atom. The molecular formula is C14H19N3O. The maximum atomic E-state index is 5.80. The van der Waals surface area contributed by atoms with Gasteiger partial charge in [0.25, 0.3) is 0 Å². The Labute approximate surface area is 107 Å². The van der Waals surface area contributed by atoms with Gasteiger partial charge in [-0.05, 0) is 31.2 Å². The van der Waals surface area contributed by atoms with E-state index in [1.807, 2.05) is 12.4 Å². The van der Waals surface area contributed by atoms with Gasteiger partial charge >= 0.3 is 0 Å². The molecule has 2 saturated heterocycles. The molecule has 4 rings (SSSR count). The first-order chi connectivity index (χ1) is 8.88. The number of hydrogen-bond donors (Lipinski definition) is 1. The van der Waals surface area contributed by atoms with E-state index in [1.54, 1.807) is 0 Å². The molecule has 3 heterocycles. The van der Waals surface area contributed by atoms with Gasteiger partial charge < -0.3 is 15.0 Å². The summed E-state index contributed by atoms with van der Waals surface area (Å²) >= 11 is 0. The van der Waals surface area contributed by atoms with Crippen molar-refractivity contribution < 1.29 is 4.74 Å². The third kappa shape index (κ3) is 1.94. The molecule has 1 aromatic rings. The molecule has 2 aliphatic heterocycles. The lowest BCUT2D eigenvalue weighted by Gasteiger charge is -2.27. The Balaban J connectivity index is 1.40. The molecular weight excluding hydrogens is 226 g/mol. The lowest BCUT2D eigenvalue weighted by Crippen LogP contribution is -2.46. The van der Waals surface area contributed by atoms with Gasteiger partial charge in [0, 0.05) is 25.2 Å². The number of anilines is 1. The fraction of sp³-hybridized carbons (Fsp3) is 0.643. The van der Waals surface area contributed by atoms with Crippen molar-refractivity contribution in [3.63, 3.8) is 0 Å². The van der Waals surface area contributed by atoms with Crippen molar-refractivity contribution in [1.29, 1.82) is 0 Å². The van der Waals surface area contributed by atoms with E-state index in [9.17, 15) is 0 Å². The van der Waals surface area contributed by atoms with E-state index < -0.39 is 0 Å². The fourth-order valence-electron chi connectivity index (χ4n) is 2.96. The first-order valence-corrected chi connectivity index (χ1v) is 6.95. The molecule has 3 fully saturated rings. The maximum Gasteiger partial charge on any atom is 0.139 e. The quantitative estimate of drug-likeness (QED) is 0.867. The van der Waals surface area contributed by atoms with E-state index in [2.05, 4.69) is 21.3 Å². The number of piperidine rings is 1. The van der Waals surface area contributed by atoms with Gasteiger partial charge in [-0.1, -0.05) is 0 Å². The smallest absolute Gasteiger partial charge is 0.139 e. The van der Waals surface area contributed by atoms with Gasteiger partial charge in [0.2, 0.25) is 0 Å². The Morgan fingerprint density at radius 3 is 2.89 bits per heavy atom. The van der Waals surface area contributed by atoms with E-state index in [0.717, 1.165) is 30.7 Å². The number of nitrogens with zero attached hydrogens (tertiary/aromatic N) is 2. The van der Waals surface area contributed by atoms with Crippen LogP contribution in [-0.2, 0) is 0 Å². The van der Waals surface area contributed by atoms with Crippen molar-refractivity contribution in [3.05, 3.63) is 18.5 Å². The van der Waals surface area contributed by atoms with Crippen LogP contribution in [0.5, 0.6) is 5.75 Å². The summed E-state index contributed by atoms with van der Waals surface area (Å²) < 4.78 is 5.80. The van der Waals surface area contributed by atoms with Crippen LogP contribution in [0.1, 0.15) is 12.8 Å². The predicted octanol–water partition coefficient (Wildman–Crippen LogP) is 1.28. The molecule has 1 N–H and O–H groups in total. The Bertz CT molecular complexity index is 436. The zero-order valence-corrected chi connectivity index (χ0v) is 10.5. The van der Waals surface area contributed by atoms with Crippen molar-refractivity contribution in [2.45, 2.75) is 18.9 Å². The van der Waals surface area contributed by atoms with Crippen LogP contribution in [-0.4, -0.2) is 37.3 Å². The molecule has 18 heavy (non-hydrogen) atoms. The van der Waals surface area contributed by atoms with Gasteiger partial charge in [-0.25, -0.2) is 0 Å². The highest BCUT2D eigenvalue weighted by atomic mass is 16.5. The zero-order valence-electron chi connectivity index (χ0n) is 10.5. The van der Waals surface area contributed by atoms with Crippen LogP contribution in [0, 0.1) is 11.8 Å². The topological polar surface area (TPSA) is 37.4 Å². The second-order valence-corrected chi connectivity index (χ2v) is 5.79. The molecule has 0 bridgehead atoms. The summed E-state index contributed by atoms with van der Waals surface area (Å²) in [7, 11) is 0. The minimum atomic E-state index is 0.535. The molecule has 4 nitrogen and oxygen atoms in total. The Morgan fingerprint density at radius 2 is 2.17 bits per heavy atom. The number of rotatable bonds is 4. The van der Waals surface area contributed by atoms with E-state index in [4.69, 9.17) is 4.74 Å². The van der Waals surface area contributed by atoms with Crippen LogP contribution in [0.4, 0.5) is 5.69 Å². The van der Waals surface area contributed by atoms with Crippen LogP contribution in [0.15, 0.2) is 18.5 Å². The minimum absolute atomic E-state index is 0.535. The maximum absolute atomic E-state index is 5.80. The summed E-state index contributed by atoms with van der Waals surface area (Å²) in [5, 5.41) is 3.34. The number of nitrogens with one attached hydrogen (secondary N) is 1. The molecule has 0 spiro atoms. The molecule has 0 radical (unpaired) electrons. The number of hydrogen-bond acceptors (Lipinski definition) is 4. The van der Waals surface area contributed by atoms with E-state index in [1.165, 1.54) is 31.6 Å². The second-order valence-electron chi connectivity index (χ2n) is 5.79. The number of ether oxygens (including phenoxy) is 1. The molecule has 3 atom stereocenters. The molecule has 1 aromatic heterocycles. The molecule has 4 heteroatoms. The third-order valence-corrected chi connectivity index (χ3v) is 4.42. The molecule has 0 amide bonds. The van der Waals surface area contributed by atoms with Crippen molar-refractivity contribution in [3.8, 4) is 5.75 Å². The number of fused-ring (bicyclic) bond motifs is 1. The van der Waals surface area contributed by atoms with Gasteiger partial charge in [-0.3, -0.25) is 4.98 Å². The zero-order chi connectivity index (χ0) is 11.9. The SMILES string of the molecule is c1ncc(N2CC3CC3C2)cc1OC[C@H]1CCN1. The average Bonchev–Trinajstić information content (AvgIpc) is 2.95. The monoisotopic (exact) mass is 245 g/mol. The van der Waals surface area contributed by atoms with Crippen LogP contribution in [0.2, 0.25) is 0 Å². The molecule has 2 unspecified atom stereocenters. The van der Waals surface area contributed by atoms with Crippen molar-refractivity contribution in [2.24, 2.45) is 11.8 Å².